The third-order valence-electron chi connectivity index (χ3n) is 5.04. The molecular weight excluding hydrogens is 352 g/mol. The Labute approximate surface area is 162 Å². The van der Waals surface area contributed by atoms with Gasteiger partial charge in [0.25, 0.3) is 0 Å². The summed E-state index contributed by atoms with van der Waals surface area (Å²) in [5.74, 6) is 2.87. The van der Waals surface area contributed by atoms with Crippen molar-refractivity contribution in [3.8, 4) is 0 Å². The van der Waals surface area contributed by atoms with E-state index in [4.69, 9.17) is 0 Å². The van der Waals surface area contributed by atoms with Gasteiger partial charge in [-0.2, -0.15) is 10.1 Å². The van der Waals surface area contributed by atoms with E-state index >= 15 is 0 Å². The van der Waals surface area contributed by atoms with Crippen molar-refractivity contribution in [2.24, 2.45) is 5.92 Å². The first-order valence-corrected chi connectivity index (χ1v) is 9.57. The highest BCUT2D eigenvalue weighted by molar-refractivity contribution is 5.75. The number of imidazole rings is 1. The van der Waals surface area contributed by atoms with E-state index in [1.54, 1.807) is 12.5 Å². The Bertz CT molecular complexity index is 1090. The van der Waals surface area contributed by atoms with E-state index in [1.165, 1.54) is 18.5 Å². The van der Waals surface area contributed by atoms with Crippen LogP contribution in [0.25, 0.3) is 11.0 Å². The Morgan fingerprint density at radius 2 is 2.07 bits per heavy atom. The summed E-state index contributed by atoms with van der Waals surface area (Å²) in [6.45, 7) is 2.08. The topological polar surface area (TPSA) is 107 Å². The van der Waals surface area contributed by atoms with Gasteiger partial charge in [-0.15, -0.1) is 0 Å². The Hall–Kier alpha value is -3.42. The average molecular weight is 374 g/mol. The minimum absolute atomic E-state index is 0.0480. The lowest BCUT2D eigenvalue weighted by molar-refractivity contribution is 0.796. The molecule has 0 amide bonds. The Balaban J connectivity index is 1.27. The van der Waals surface area contributed by atoms with Crippen molar-refractivity contribution in [2.45, 2.75) is 32.2 Å². The van der Waals surface area contributed by atoms with E-state index in [-0.39, 0.29) is 6.04 Å². The third-order valence-corrected chi connectivity index (χ3v) is 5.04. The molecule has 8 heteroatoms. The first-order valence-electron chi connectivity index (χ1n) is 9.57. The van der Waals surface area contributed by atoms with E-state index in [0.717, 1.165) is 34.8 Å². The smallest absolute Gasteiger partial charge is 0.225 e. The van der Waals surface area contributed by atoms with Crippen molar-refractivity contribution in [3.05, 3.63) is 54.1 Å². The molecule has 0 aliphatic heterocycles. The second-order valence-corrected chi connectivity index (χ2v) is 7.36. The first kappa shape index (κ1) is 16.7. The van der Waals surface area contributed by atoms with Crippen molar-refractivity contribution in [1.29, 1.82) is 0 Å². The molecule has 4 aromatic rings. The molecule has 1 fully saturated rings. The number of hydrogen-bond donors (Lipinski definition) is 4. The predicted octanol–water partition coefficient (Wildman–Crippen LogP) is 3.95. The van der Waals surface area contributed by atoms with Crippen LogP contribution in [0.4, 0.5) is 17.6 Å². The minimum atomic E-state index is 0.0480. The van der Waals surface area contributed by atoms with E-state index in [9.17, 15) is 0 Å². The van der Waals surface area contributed by atoms with Crippen LogP contribution >= 0.6 is 0 Å². The molecule has 1 aliphatic rings. The van der Waals surface area contributed by atoms with Gasteiger partial charge in [-0.1, -0.05) is 6.07 Å². The van der Waals surface area contributed by atoms with Crippen LogP contribution in [0, 0.1) is 5.92 Å². The number of H-pyrrole nitrogens is 2. The van der Waals surface area contributed by atoms with Gasteiger partial charge in [0.1, 0.15) is 5.82 Å². The summed E-state index contributed by atoms with van der Waals surface area (Å²) >= 11 is 0. The molecule has 0 spiro atoms. The number of rotatable bonds is 7. The SMILES string of the molecule is C[C@H](Nc1nccc(Nc2cc(CC3CC3)[nH]n2)n1)c1ccc2[nH]cnc2c1. The van der Waals surface area contributed by atoms with E-state index in [1.807, 2.05) is 12.1 Å². The lowest BCUT2D eigenvalue weighted by Crippen LogP contribution is -2.10. The second kappa shape index (κ2) is 6.95. The molecule has 4 N–H and O–H groups in total. The van der Waals surface area contributed by atoms with Crippen LogP contribution in [0.3, 0.4) is 0 Å². The molecule has 1 aromatic carbocycles. The van der Waals surface area contributed by atoms with E-state index in [2.05, 4.69) is 65.9 Å². The van der Waals surface area contributed by atoms with Crippen LogP contribution in [-0.2, 0) is 6.42 Å². The molecular formula is C20H22N8. The van der Waals surface area contributed by atoms with Crippen molar-refractivity contribution >= 4 is 28.6 Å². The maximum Gasteiger partial charge on any atom is 0.225 e. The Morgan fingerprint density at radius 1 is 1.14 bits per heavy atom. The lowest BCUT2D eigenvalue weighted by Gasteiger charge is -2.14. The van der Waals surface area contributed by atoms with Crippen molar-refractivity contribution < 1.29 is 0 Å². The van der Waals surface area contributed by atoms with Crippen molar-refractivity contribution in [1.82, 2.24) is 30.1 Å². The third kappa shape index (κ3) is 3.66. The number of fused-ring (bicyclic) bond motifs is 1. The van der Waals surface area contributed by atoms with Gasteiger partial charge in [-0.25, -0.2) is 9.97 Å². The van der Waals surface area contributed by atoms with Crippen LogP contribution < -0.4 is 10.6 Å². The zero-order valence-corrected chi connectivity index (χ0v) is 15.6. The molecule has 8 nitrogen and oxygen atoms in total. The maximum absolute atomic E-state index is 4.56. The molecule has 1 atom stereocenters. The fraction of sp³-hybridized carbons (Fsp3) is 0.300. The quantitative estimate of drug-likeness (QED) is 0.390. The number of nitrogens with zero attached hydrogens (tertiary/aromatic N) is 4. The highest BCUT2D eigenvalue weighted by Crippen LogP contribution is 2.32. The zero-order valence-electron chi connectivity index (χ0n) is 15.6. The highest BCUT2D eigenvalue weighted by atomic mass is 15.2. The van der Waals surface area contributed by atoms with Gasteiger partial charge in [0.05, 0.1) is 23.4 Å². The van der Waals surface area contributed by atoms with Gasteiger partial charge in [0.2, 0.25) is 5.95 Å². The van der Waals surface area contributed by atoms with Crippen LogP contribution in [0.5, 0.6) is 0 Å². The van der Waals surface area contributed by atoms with Gasteiger partial charge in [0.15, 0.2) is 5.82 Å². The van der Waals surface area contributed by atoms with Gasteiger partial charge in [-0.05, 0) is 55.9 Å². The summed E-state index contributed by atoms with van der Waals surface area (Å²) < 4.78 is 0. The summed E-state index contributed by atoms with van der Waals surface area (Å²) in [6, 6.07) is 10.1. The van der Waals surface area contributed by atoms with E-state index < -0.39 is 0 Å². The Morgan fingerprint density at radius 3 is 2.96 bits per heavy atom. The van der Waals surface area contributed by atoms with Crippen molar-refractivity contribution in [2.75, 3.05) is 10.6 Å². The van der Waals surface area contributed by atoms with Gasteiger partial charge in [-0.3, -0.25) is 5.10 Å². The number of aromatic amines is 2. The minimum Gasteiger partial charge on any atom is -0.348 e. The summed E-state index contributed by atoms with van der Waals surface area (Å²) in [4.78, 5) is 16.3. The van der Waals surface area contributed by atoms with Crippen LogP contribution in [0.15, 0.2) is 42.9 Å². The molecule has 3 heterocycles. The number of nitrogens with one attached hydrogen (secondary N) is 4. The van der Waals surface area contributed by atoms with Crippen LogP contribution in [0.2, 0.25) is 0 Å². The molecule has 0 radical (unpaired) electrons. The monoisotopic (exact) mass is 374 g/mol. The summed E-state index contributed by atoms with van der Waals surface area (Å²) in [5, 5.41) is 14.0. The molecule has 1 saturated carbocycles. The first-order chi connectivity index (χ1) is 13.7. The molecule has 1 aliphatic carbocycles. The number of aromatic nitrogens is 6. The standard InChI is InChI=1S/C20H22N8/c1-12(14-4-5-16-17(9-14)23-11-22-16)24-20-21-7-6-18(26-20)25-19-10-15(27-28-19)8-13-2-3-13/h4-7,9-13H,2-3,8H2,1H3,(H,22,23)(H3,21,24,25,26,27,28)/t12-/m0/s1. The average Bonchev–Trinajstić information content (AvgIpc) is 3.20. The van der Waals surface area contributed by atoms with Gasteiger partial charge < -0.3 is 15.6 Å². The predicted molar refractivity (Wildman–Crippen MR) is 108 cm³/mol. The lowest BCUT2D eigenvalue weighted by atomic mass is 10.1. The molecule has 28 heavy (non-hydrogen) atoms. The highest BCUT2D eigenvalue weighted by Gasteiger charge is 2.22. The zero-order chi connectivity index (χ0) is 18.9. The van der Waals surface area contributed by atoms with Crippen LogP contribution in [-0.4, -0.2) is 30.1 Å². The van der Waals surface area contributed by atoms with Crippen LogP contribution in [0.1, 0.15) is 37.1 Å². The van der Waals surface area contributed by atoms with Gasteiger partial charge >= 0.3 is 0 Å². The summed E-state index contributed by atoms with van der Waals surface area (Å²) in [7, 11) is 0. The maximum atomic E-state index is 4.56. The summed E-state index contributed by atoms with van der Waals surface area (Å²) in [6.07, 6.45) is 7.17. The molecule has 0 bridgehead atoms. The molecule has 5 rings (SSSR count). The number of anilines is 3. The molecule has 142 valence electrons. The van der Waals surface area contributed by atoms with Crippen molar-refractivity contribution in [3.63, 3.8) is 0 Å². The fourth-order valence-electron chi connectivity index (χ4n) is 3.29. The molecule has 0 saturated heterocycles. The Kier molecular flexibility index (Phi) is 4.16. The summed E-state index contributed by atoms with van der Waals surface area (Å²) in [5.41, 5.74) is 4.26. The number of hydrogen-bond acceptors (Lipinski definition) is 6. The van der Waals surface area contributed by atoms with E-state index in [0.29, 0.717) is 11.8 Å². The van der Waals surface area contributed by atoms with Gasteiger partial charge in [0, 0.05) is 18.0 Å². The normalized spacial score (nSPS) is 14.9. The second-order valence-electron chi connectivity index (χ2n) is 7.36. The number of benzene rings is 1. The largest absolute Gasteiger partial charge is 0.348 e. The molecule has 3 aromatic heterocycles. The fourth-order valence-corrected chi connectivity index (χ4v) is 3.29. The molecule has 0 unspecified atom stereocenters.